The molecule has 0 amide bonds. The highest BCUT2D eigenvalue weighted by Gasteiger charge is 2.08. The van der Waals surface area contributed by atoms with Crippen LogP contribution in [0.2, 0.25) is 0 Å². The van der Waals surface area contributed by atoms with Crippen LogP contribution in [-0.4, -0.2) is 68.3 Å². The number of hydrogen-bond acceptors (Lipinski definition) is 5. The molecule has 1 saturated heterocycles. The molecule has 0 aromatic heterocycles. The van der Waals surface area contributed by atoms with Crippen molar-refractivity contribution in [2.45, 2.75) is 6.54 Å². The summed E-state index contributed by atoms with van der Waals surface area (Å²) in [5, 5.41) is 19.2. The van der Waals surface area contributed by atoms with Crippen LogP contribution in [0.1, 0.15) is 15.9 Å². The van der Waals surface area contributed by atoms with Crippen molar-refractivity contribution in [3.8, 4) is 0 Å². The van der Waals surface area contributed by atoms with Crippen LogP contribution >= 0.6 is 0 Å². The van der Waals surface area contributed by atoms with Gasteiger partial charge in [0.2, 0.25) is 0 Å². The summed E-state index contributed by atoms with van der Waals surface area (Å²) in [5.41, 5.74) is 1.49. The first-order valence-corrected chi connectivity index (χ1v) is 7.92. The van der Waals surface area contributed by atoms with E-state index in [0.29, 0.717) is 5.56 Å². The lowest BCUT2D eigenvalue weighted by Gasteiger charge is -2.23. The SMILES string of the molecule is O=C(O)c1ccc(CN2CCNCCNCCNCC2)cc1. The van der Waals surface area contributed by atoms with Crippen molar-refractivity contribution in [1.29, 1.82) is 0 Å². The molecule has 1 fully saturated rings. The van der Waals surface area contributed by atoms with Crippen molar-refractivity contribution >= 4 is 5.97 Å². The van der Waals surface area contributed by atoms with E-state index in [2.05, 4.69) is 20.9 Å². The monoisotopic (exact) mass is 306 g/mol. The Balaban J connectivity index is 1.87. The lowest BCUT2D eigenvalue weighted by Crippen LogP contribution is -2.41. The third-order valence-corrected chi connectivity index (χ3v) is 3.77. The van der Waals surface area contributed by atoms with Crippen LogP contribution in [0.15, 0.2) is 24.3 Å². The van der Waals surface area contributed by atoms with E-state index in [4.69, 9.17) is 5.11 Å². The van der Waals surface area contributed by atoms with Crippen molar-refractivity contribution in [2.24, 2.45) is 0 Å². The molecule has 22 heavy (non-hydrogen) atoms. The summed E-state index contributed by atoms with van der Waals surface area (Å²) in [6.07, 6.45) is 0. The van der Waals surface area contributed by atoms with Crippen LogP contribution in [0.4, 0.5) is 0 Å². The smallest absolute Gasteiger partial charge is 0.335 e. The summed E-state index contributed by atoms with van der Waals surface area (Å²) in [4.78, 5) is 13.3. The Labute approximate surface area is 131 Å². The van der Waals surface area contributed by atoms with Gasteiger partial charge in [0.1, 0.15) is 0 Å². The van der Waals surface area contributed by atoms with Crippen LogP contribution in [0.25, 0.3) is 0 Å². The number of rotatable bonds is 3. The largest absolute Gasteiger partial charge is 0.478 e. The van der Waals surface area contributed by atoms with Gasteiger partial charge in [-0.25, -0.2) is 4.79 Å². The second-order valence-electron chi connectivity index (χ2n) is 5.53. The standard InChI is InChI=1S/C16H26N4O2/c21-16(22)15-3-1-14(2-4-15)13-20-11-9-18-7-5-17-6-8-19-10-12-20/h1-4,17-19H,5-13H2,(H,21,22). The van der Waals surface area contributed by atoms with Gasteiger partial charge in [-0.2, -0.15) is 0 Å². The summed E-state index contributed by atoms with van der Waals surface area (Å²) in [6, 6.07) is 7.17. The van der Waals surface area contributed by atoms with Gasteiger partial charge in [0.05, 0.1) is 5.56 Å². The first-order chi connectivity index (χ1) is 10.8. The minimum atomic E-state index is -0.875. The predicted octanol–water partition coefficient (Wildman–Crippen LogP) is -0.0308. The highest BCUT2D eigenvalue weighted by molar-refractivity contribution is 5.87. The van der Waals surface area contributed by atoms with Crippen LogP contribution in [-0.2, 0) is 6.54 Å². The van der Waals surface area contributed by atoms with Gasteiger partial charge in [-0.15, -0.1) is 0 Å². The molecule has 1 heterocycles. The lowest BCUT2D eigenvalue weighted by molar-refractivity contribution is 0.0697. The lowest BCUT2D eigenvalue weighted by atomic mass is 10.1. The van der Waals surface area contributed by atoms with Crippen LogP contribution < -0.4 is 16.0 Å². The first-order valence-electron chi connectivity index (χ1n) is 7.92. The summed E-state index contributed by atoms with van der Waals surface area (Å²) in [7, 11) is 0. The van der Waals surface area contributed by atoms with E-state index in [-0.39, 0.29) is 0 Å². The molecule has 6 heteroatoms. The van der Waals surface area contributed by atoms with Gasteiger partial charge in [0, 0.05) is 58.9 Å². The molecule has 122 valence electrons. The van der Waals surface area contributed by atoms with Crippen molar-refractivity contribution in [3.05, 3.63) is 35.4 Å². The zero-order valence-corrected chi connectivity index (χ0v) is 13.0. The summed E-state index contributed by atoms with van der Waals surface area (Å²) >= 11 is 0. The van der Waals surface area contributed by atoms with Gasteiger partial charge in [0.15, 0.2) is 0 Å². The van der Waals surface area contributed by atoms with Crippen molar-refractivity contribution < 1.29 is 9.90 Å². The van der Waals surface area contributed by atoms with Crippen molar-refractivity contribution in [1.82, 2.24) is 20.9 Å². The number of carboxylic acid groups (broad SMARTS) is 1. The van der Waals surface area contributed by atoms with Gasteiger partial charge >= 0.3 is 5.97 Å². The third kappa shape index (κ3) is 6.11. The average molecular weight is 306 g/mol. The molecule has 2 rings (SSSR count). The van der Waals surface area contributed by atoms with Crippen molar-refractivity contribution in [2.75, 3.05) is 52.4 Å². The number of nitrogens with one attached hydrogen (secondary N) is 3. The number of carboxylic acids is 1. The highest BCUT2D eigenvalue weighted by Crippen LogP contribution is 2.07. The molecule has 0 atom stereocenters. The number of aromatic carboxylic acids is 1. The van der Waals surface area contributed by atoms with Gasteiger partial charge in [-0.3, -0.25) is 4.90 Å². The van der Waals surface area contributed by atoms with E-state index in [1.54, 1.807) is 12.1 Å². The summed E-state index contributed by atoms with van der Waals surface area (Å²) < 4.78 is 0. The number of benzene rings is 1. The fourth-order valence-corrected chi connectivity index (χ4v) is 2.48. The molecular weight excluding hydrogens is 280 g/mol. The molecule has 1 aromatic carbocycles. The predicted molar refractivity (Wildman–Crippen MR) is 87.3 cm³/mol. The third-order valence-electron chi connectivity index (χ3n) is 3.77. The molecular formula is C16H26N4O2. The maximum absolute atomic E-state index is 10.9. The Morgan fingerprint density at radius 1 is 0.909 bits per heavy atom. The first kappa shape index (κ1) is 16.9. The second-order valence-corrected chi connectivity index (χ2v) is 5.53. The Morgan fingerprint density at radius 3 is 1.91 bits per heavy atom. The van der Waals surface area contributed by atoms with Crippen LogP contribution in [0.3, 0.4) is 0 Å². The molecule has 0 bridgehead atoms. The fraction of sp³-hybridized carbons (Fsp3) is 0.562. The Bertz CT molecular complexity index is 438. The topological polar surface area (TPSA) is 76.6 Å². The van der Waals surface area contributed by atoms with E-state index in [1.807, 2.05) is 12.1 Å². The van der Waals surface area contributed by atoms with Crippen molar-refractivity contribution in [3.63, 3.8) is 0 Å². The zero-order valence-electron chi connectivity index (χ0n) is 13.0. The van der Waals surface area contributed by atoms with Gasteiger partial charge in [-0.1, -0.05) is 12.1 Å². The van der Waals surface area contributed by atoms with E-state index < -0.39 is 5.97 Å². The van der Waals surface area contributed by atoms with E-state index in [0.717, 1.165) is 64.5 Å². The molecule has 0 unspecified atom stereocenters. The molecule has 4 N–H and O–H groups in total. The minimum Gasteiger partial charge on any atom is -0.478 e. The van der Waals surface area contributed by atoms with E-state index in [1.165, 1.54) is 0 Å². The summed E-state index contributed by atoms with van der Waals surface area (Å²) in [6.45, 7) is 8.73. The molecule has 6 nitrogen and oxygen atoms in total. The number of hydrogen-bond donors (Lipinski definition) is 4. The molecule has 0 spiro atoms. The maximum Gasteiger partial charge on any atom is 0.335 e. The Kier molecular flexibility index (Phi) is 7.32. The second kappa shape index (κ2) is 9.53. The molecule has 0 saturated carbocycles. The van der Waals surface area contributed by atoms with Crippen LogP contribution in [0, 0.1) is 0 Å². The zero-order chi connectivity index (χ0) is 15.6. The Morgan fingerprint density at radius 2 is 1.41 bits per heavy atom. The minimum absolute atomic E-state index is 0.341. The quantitative estimate of drug-likeness (QED) is 0.628. The number of carbonyl (C=O) groups is 1. The molecule has 0 aliphatic carbocycles. The maximum atomic E-state index is 10.9. The van der Waals surface area contributed by atoms with Gasteiger partial charge in [0.25, 0.3) is 0 Å². The fourth-order valence-electron chi connectivity index (χ4n) is 2.48. The summed E-state index contributed by atoms with van der Waals surface area (Å²) in [5.74, 6) is -0.875. The molecule has 0 radical (unpaired) electrons. The van der Waals surface area contributed by atoms with Crippen LogP contribution in [0.5, 0.6) is 0 Å². The number of nitrogens with zero attached hydrogens (tertiary/aromatic N) is 1. The van der Waals surface area contributed by atoms with Gasteiger partial charge in [-0.05, 0) is 17.7 Å². The normalized spacial score (nSPS) is 19.1. The van der Waals surface area contributed by atoms with E-state index >= 15 is 0 Å². The van der Waals surface area contributed by atoms with Gasteiger partial charge < -0.3 is 21.1 Å². The molecule has 1 aliphatic rings. The average Bonchev–Trinajstić information content (AvgIpc) is 2.50. The molecule has 1 aromatic rings. The van der Waals surface area contributed by atoms with E-state index in [9.17, 15) is 4.79 Å². The Hall–Kier alpha value is -1.47. The molecule has 1 aliphatic heterocycles. The highest BCUT2D eigenvalue weighted by atomic mass is 16.4.